The van der Waals surface area contributed by atoms with Crippen molar-refractivity contribution in [3.8, 4) is 6.07 Å². The van der Waals surface area contributed by atoms with Crippen LogP contribution in [0.4, 0.5) is 5.69 Å². The van der Waals surface area contributed by atoms with Gasteiger partial charge in [0, 0.05) is 12.2 Å². The Labute approximate surface area is 137 Å². The number of thioether (sulfide) groups is 1. The first-order chi connectivity index (χ1) is 11.3. The van der Waals surface area contributed by atoms with Crippen molar-refractivity contribution in [3.63, 3.8) is 0 Å². The lowest BCUT2D eigenvalue weighted by Gasteiger charge is -2.06. The standard InChI is InChI=1S/C17H14N4OS/c18-11-12-5-1-2-6-13(12)19-16(22)9-10-23-17-20-14-7-3-4-8-15(14)21-17/h1-8H,9-10H2,(H,19,22)(H,20,21). The number of para-hydroxylation sites is 3. The fourth-order valence-corrected chi connectivity index (χ4v) is 2.97. The number of amides is 1. The van der Waals surface area contributed by atoms with Crippen molar-refractivity contribution in [3.05, 3.63) is 54.1 Å². The van der Waals surface area contributed by atoms with Crippen LogP contribution in [-0.2, 0) is 4.79 Å². The van der Waals surface area contributed by atoms with E-state index in [1.54, 1.807) is 24.3 Å². The molecular formula is C17H14N4OS. The monoisotopic (exact) mass is 322 g/mol. The predicted octanol–water partition coefficient (Wildman–Crippen LogP) is 3.56. The highest BCUT2D eigenvalue weighted by Gasteiger charge is 2.08. The van der Waals surface area contributed by atoms with Crippen LogP contribution in [-0.4, -0.2) is 21.6 Å². The number of fused-ring (bicyclic) bond motifs is 1. The lowest BCUT2D eigenvalue weighted by Crippen LogP contribution is -2.13. The lowest BCUT2D eigenvalue weighted by molar-refractivity contribution is -0.115. The molecule has 5 nitrogen and oxygen atoms in total. The molecule has 2 N–H and O–H groups in total. The highest BCUT2D eigenvalue weighted by molar-refractivity contribution is 7.99. The molecule has 0 aliphatic rings. The Morgan fingerprint density at radius 3 is 2.83 bits per heavy atom. The molecule has 3 aromatic rings. The third-order valence-corrected chi connectivity index (χ3v) is 4.13. The van der Waals surface area contributed by atoms with Crippen molar-refractivity contribution in [1.82, 2.24) is 9.97 Å². The number of anilines is 1. The molecule has 0 fully saturated rings. The zero-order chi connectivity index (χ0) is 16.1. The summed E-state index contributed by atoms with van der Waals surface area (Å²) in [4.78, 5) is 19.6. The smallest absolute Gasteiger partial charge is 0.225 e. The van der Waals surface area contributed by atoms with Crippen LogP contribution in [0.25, 0.3) is 11.0 Å². The molecule has 3 rings (SSSR count). The Morgan fingerprint density at radius 1 is 1.22 bits per heavy atom. The van der Waals surface area contributed by atoms with Crippen LogP contribution >= 0.6 is 11.8 Å². The molecule has 1 aromatic heterocycles. The van der Waals surface area contributed by atoms with Crippen LogP contribution < -0.4 is 5.32 Å². The Hall–Kier alpha value is -2.78. The summed E-state index contributed by atoms with van der Waals surface area (Å²) in [6, 6.07) is 16.8. The van der Waals surface area contributed by atoms with Gasteiger partial charge in [-0.05, 0) is 24.3 Å². The summed E-state index contributed by atoms with van der Waals surface area (Å²) in [5.74, 6) is 0.497. The van der Waals surface area contributed by atoms with Gasteiger partial charge in [-0.15, -0.1) is 0 Å². The number of H-pyrrole nitrogens is 1. The molecule has 1 heterocycles. The highest BCUT2D eigenvalue weighted by atomic mass is 32.2. The fraction of sp³-hybridized carbons (Fsp3) is 0.118. The first-order valence-electron chi connectivity index (χ1n) is 7.13. The first-order valence-corrected chi connectivity index (χ1v) is 8.11. The minimum atomic E-state index is -0.115. The van der Waals surface area contributed by atoms with Gasteiger partial charge in [-0.1, -0.05) is 36.0 Å². The van der Waals surface area contributed by atoms with Crippen molar-refractivity contribution in [2.24, 2.45) is 0 Å². The van der Waals surface area contributed by atoms with Crippen molar-refractivity contribution in [2.45, 2.75) is 11.6 Å². The molecule has 2 aromatic carbocycles. The van der Waals surface area contributed by atoms with Crippen molar-refractivity contribution in [1.29, 1.82) is 5.26 Å². The number of hydrogen-bond donors (Lipinski definition) is 2. The van der Waals surface area contributed by atoms with E-state index >= 15 is 0 Å². The number of rotatable bonds is 5. The summed E-state index contributed by atoms with van der Waals surface area (Å²) in [5, 5.41) is 12.6. The molecular weight excluding hydrogens is 308 g/mol. The van der Waals surface area contributed by atoms with Crippen LogP contribution in [0.5, 0.6) is 0 Å². The van der Waals surface area contributed by atoms with Gasteiger partial charge in [-0.25, -0.2) is 4.98 Å². The second-order valence-corrected chi connectivity index (χ2v) is 5.95. The highest BCUT2D eigenvalue weighted by Crippen LogP contribution is 2.20. The van der Waals surface area contributed by atoms with Gasteiger partial charge in [0.1, 0.15) is 6.07 Å². The number of hydrogen-bond acceptors (Lipinski definition) is 4. The van der Waals surface area contributed by atoms with Crippen molar-refractivity contribution >= 4 is 34.4 Å². The first kappa shape index (κ1) is 15.1. The van der Waals surface area contributed by atoms with Gasteiger partial charge in [-0.2, -0.15) is 5.26 Å². The maximum absolute atomic E-state index is 12.0. The van der Waals surface area contributed by atoms with Gasteiger partial charge >= 0.3 is 0 Å². The second-order valence-electron chi connectivity index (χ2n) is 4.86. The molecule has 0 aliphatic carbocycles. The largest absolute Gasteiger partial charge is 0.333 e. The van der Waals surface area contributed by atoms with E-state index in [-0.39, 0.29) is 5.91 Å². The molecule has 0 saturated heterocycles. The van der Waals surface area contributed by atoms with Crippen molar-refractivity contribution < 1.29 is 4.79 Å². The van der Waals surface area contributed by atoms with Crippen LogP contribution in [0.15, 0.2) is 53.7 Å². The second kappa shape index (κ2) is 6.99. The third-order valence-electron chi connectivity index (χ3n) is 3.26. The molecule has 23 heavy (non-hydrogen) atoms. The number of aromatic nitrogens is 2. The number of nitrogens with zero attached hydrogens (tertiary/aromatic N) is 2. The van der Waals surface area contributed by atoms with Crippen LogP contribution in [0, 0.1) is 11.3 Å². The summed E-state index contributed by atoms with van der Waals surface area (Å²) in [5.41, 5.74) is 2.92. The number of carbonyl (C=O) groups is 1. The van der Waals surface area contributed by atoms with Crippen molar-refractivity contribution in [2.75, 3.05) is 11.1 Å². The Balaban J connectivity index is 1.54. The Kier molecular flexibility index (Phi) is 4.60. The molecule has 0 saturated carbocycles. The van der Waals surface area contributed by atoms with E-state index in [0.717, 1.165) is 16.2 Å². The zero-order valence-corrected chi connectivity index (χ0v) is 13.1. The van der Waals surface area contributed by atoms with Gasteiger partial charge in [0.05, 0.1) is 22.3 Å². The maximum Gasteiger partial charge on any atom is 0.225 e. The van der Waals surface area contributed by atoms with Gasteiger partial charge in [-0.3, -0.25) is 4.79 Å². The Morgan fingerprint density at radius 2 is 2.00 bits per heavy atom. The topological polar surface area (TPSA) is 81.6 Å². The summed E-state index contributed by atoms with van der Waals surface area (Å²) < 4.78 is 0. The maximum atomic E-state index is 12.0. The van der Waals surface area contributed by atoms with E-state index in [9.17, 15) is 4.79 Å². The predicted molar refractivity (Wildman–Crippen MR) is 91.2 cm³/mol. The SMILES string of the molecule is N#Cc1ccccc1NC(=O)CCSc1nc2ccccc2[nH]1. The van der Waals surface area contributed by atoms with Gasteiger partial charge in [0.15, 0.2) is 5.16 Å². The van der Waals surface area contributed by atoms with Crippen LogP contribution in [0.3, 0.4) is 0 Å². The normalized spacial score (nSPS) is 10.4. The van der Waals surface area contributed by atoms with E-state index < -0.39 is 0 Å². The average Bonchev–Trinajstić information content (AvgIpc) is 2.98. The Bertz CT molecular complexity index is 848. The third kappa shape index (κ3) is 3.71. The number of imidazole rings is 1. The molecule has 1 amide bonds. The zero-order valence-electron chi connectivity index (χ0n) is 12.2. The lowest BCUT2D eigenvalue weighted by atomic mass is 10.2. The fourth-order valence-electron chi connectivity index (χ4n) is 2.14. The minimum absolute atomic E-state index is 0.115. The molecule has 0 radical (unpaired) electrons. The molecule has 0 aliphatic heterocycles. The van der Waals surface area contributed by atoms with E-state index in [1.165, 1.54) is 11.8 Å². The average molecular weight is 322 g/mol. The quantitative estimate of drug-likeness (QED) is 0.704. The number of carbonyl (C=O) groups excluding carboxylic acids is 1. The van der Waals surface area contributed by atoms with E-state index in [1.807, 2.05) is 24.3 Å². The molecule has 0 bridgehead atoms. The number of nitrogens with one attached hydrogen (secondary N) is 2. The van der Waals surface area contributed by atoms with Crippen LogP contribution in [0.1, 0.15) is 12.0 Å². The number of aromatic amines is 1. The molecule has 0 atom stereocenters. The van der Waals surface area contributed by atoms with Crippen LogP contribution in [0.2, 0.25) is 0 Å². The van der Waals surface area contributed by atoms with E-state index in [2.05, 4.69) is 21.4 Å². The summed E-state index contributed by atoms with van der Waals surface area (Å²) >= 11 is 1.50. The molecule has 0 spiro atoms. The van der Waals surface area contributed by atoms with Gasteiger partial charge in [0.25, 0.3) is 0 Å². The molecule has 114 valence electrons. The van der Waals surface area contributed by atoms with Gasteiger partial charge < -0.3 is 10.3 Å². The number of nitriles is 1. The summed E-state index contributed by atoms with van der Waals surface area (Å²) in [7, 11) is 0. The van der Waals surface area contributed by atoms with Gasteiger partial charge in [0.2, 0.25) is 5.91 Å². The molecule has 0 unspecified atom stereocenters. The van der Waals surface area contributed by atoms with E-state index in [4.69, 9.17) is 5.26 Å². The van der Waals surface area contributed by atoms with E-state index in [0.29, 0.717) is 23.4 Å². The summed E-state index contributed by atoms with van der Waals surface area (Å²) in [6.45, 7) is 0. The number of benzene rings is 2. The molecule has 6 heteroatoms. The summed E-state index contributed by atoms with van der Waals surface area (Å²) in [6.07, 6.45) is 0.349. The minimum Gasteiger partial charge on any atom is -0.333 e.